The van der Waals surface area contributed by atoms with Crippen molar-refractivity contribution in [3.63, 3.8) is 0 Å². The topological polar surface area (TPSA) is 94.3 Å². The Morgan fingerprint density at radius 1 is 1.05 bits per heavy atom. The van der Waals surface area contributed by atoms with E-state index in [-0.39, 0.29) is 11.6 Å². The third-order valence-corrected chi connectivity index (χ3v) is 7.01. The number of tetrazole rings is 1. The first kappa shape index (κ1) is 25.6. The number of hydrogen-bond donors (Lipinski definition) is 1. The number of nitrogens with zero attached hydrogens (tertiary/aromatic N) is 6. The number of nitrogens with one attached hydrogen (secondary N) is 1. The minimum absolute atomic E-state index is 0.0833. The zero-order chi connectivity index (χ0) is 26.6. The number of aromatic nitrogens is 7. The summed E-state index contributed by atoms with van der Waals surface area (Å²) >= 11 is 6.64. The fourth-order valence-electron chi connectivity index (χ4n) is 4.72. The summed E-state index contributed by atoms with van der Waals surface area (Å²) in [6.45, 7) is 6.85. The molecule has 3 heterocycles. The molecule has 5 rings (SSSR count). The van der Waals surface area contributed by atoms with E-state index in [1.807, 2.05) is 65.4 Å². The van der Waals surface area contributed by atoms with E-state index in [2.05, 4.69) is 46.4 Å². The van der Waals surface area contributed by atoms with Gasteiger partial charge < -0.3 is 0 Å². The maximum Gasteiger partial charge on any atom is 0.333 e. The third-order valence-electron chi connectivity index (χ3n) is 6.71. The molecule has 0 saturated heterocycles. The number of imidazole rings is 1. The van der Waals surface area contributed by atoms with Crippen molar-refractivity contribution in [3.8, 4) is 28.3 Å². The number of aromatic amines is 1. The van der Waals surface area contributed by atoms with Gasteiger partial charge in [-0.05, 0) is 58.5 Å². The van der Waals surface area contributed by atoms with Gasteiger partial charge >= 0.3 is 5.69 Å². The molecule has 0 unspecified atom stereocenters. The molecule has 0 aliphatic carbocycles. The lowest BCUT2D eigenvalue weighted by Gasteiger charge is -2.14. The number of pyridine rings is 1. The molecular weight excluding hydrogens is 498 g/mol. The SMILES string of the molecule is CCCCc1cn(-c2c(Cl)cccc2C(C)C)c(=O)n1Cc1ccc(-c2ncccc2-c2nnn[nH]2)cc1. The first-order valence-corrected chi connectivity index (χ1v) is 13.2. The molecule has 38 heavy (non-hydrogen) atoms. The van der Waals surface area contributed by atoms with Crippen LogP contribution in [0, 0.1) is 0 Å². The van der Waals surface area contributed by atoms with Crippen LogP contribution in [0.5, 0.6) is 0 Å². The van der Waals surface area contributed by atoms with Gasteiger partial charge in [-0.1, -0.05) is 75.2 Å². The van der Waals surface area contributed by atoms with Gasteiger partial charge in [0.05, 0.1) is 22.9 Å². The molecule has 3 aromatic heterocycles. The molecule has 0 spiro atoms. The highest BCUT2D eigenvalue weighted by atomic mass is 35.5. The van der Waals surface area contributed by atoms with Crippen LogP contribution in [0.3, 0.4) is 0 Å². The van der Waals surface area contributed by atoms with Gasteiger partial charge in [-0.2, -0.15) is 0 Å². The molecule has 194 valence electrons. The van der Waals surface area contributed by atoms with Gasteiger partial charge in [0.1, 0.15) is 0 Å². The predicted octanol–water partition coefficient (Wildman–Crippen LogP) is 6.05. The standard InChI is InChI=1S/C29H30ClN7O/c1-4-5-8-22-18-37(27-23(19(2)3)9-6-11-25(27)30)29(38)36(22)17-20-12-14-21(15-13-20)26-24(10-7-16-31-26)28-32-34-35-33-28/h6-7,9-16,18-19H,4-5,8,17H2,1-3H3,(H,32,33,34,35). The quantitative estimate of drug-likeness (QED) is 0.252. The number of para-hydroxylation sites is 1. The maximum atomic E-state index is 13.8. The van der Waals surface area contributed by atoms with Gasteiger partial charge in [0.15, 0.2) is 5.82 Å². The first-order chi connectivity index (χ1) is 18.5. The second-order valence-corrected chi connectivity index (χ2v) is 10.0. The molecule has 0 saturated carbocycles. The summed E-state index contributed by atoms with van der Waals surface area (Å²) in [6, 6.07) is 17.7. The number of H-pyrrole nitrogens is 1. The van der Waals surface area contributed by atoms with Crippen molar-refractivity contribution < 1.29 is 0 Å². The Hall–Kier alpha value is -4.04. The highest BCUT2D eigenvalue weighted by Gasteiger charge is 2.19. The largest absolute Gasteiger partial charge is 0.333 e. The molecule has 8 nitrogen and oxygen atoms in total. The highest BCUT2D eigenvalue weighted by Crippen LogP contribution is 2.30. The van der Waals surface area contributed by atoms with Crippen molar-refractivity contribution in [1.29, 1.82) is 0 Å². The Morgan fingerprint density at radius 3 is 2.58 bits per heavy atom. The van der Waals surface area contributed by atoms with E-state index in [0.29, 0.717) is 17.4 Å². The van der Waals surface area contributed by atoms with E-state index >= 15 is 0 Å². The van der Waals surface area contributed by atoms with E-state index in [4.69, 9.17) is 11.6 Å². The van der Waals surface area contributed by atoms with Crippen molar-refractivity contribution in [2.45, 2.75) is 52.5 Å². The van der Waals surface area contributed by atoms with E-state index in [1.165, 1.54) is 0 Å². The van der Waals surface area contributed by atoms with Crippen LogP contribution in [-0.2, 0) is 13.0 Å². The maximum absolute atomic E-state index is 13.8. The molecule has 9 heteroatoms. The van der Waals surface area contributed by atoms with Gasteiger partial charge in [-0.25, -0.2) is 9.89 Å². The van der Waals surface area contributed by atoms with Crippen LogP contribution >= 0.6 is 11.6 Å². The Balaban J connectivity index is 1.51. The Labute approximate surface area is 226 Å². The molecule has 0 aliphatic rings. The molecule has 0 fully saturated rings. The van der Waals surface area contributed by atoms with Crippen LogP contribution < -0.4 is 5.69 Å². The summed E-state index contributed by atoms with van der Waals surface area (Å²) in [4.78, 5) is 18.3. The van der Waals surface area contributed by atoms with Crippen LogP contribution in [0.4, 0.5) is 0 Å². The number of hydrogen-bond acceptors (Lipinski definition) is 5. The van der Waals surface area contributed by atoms with Gasteiger partial charge in [0.25, 0.3) is 0 Å². The Bertz CT molecular complexity index is 1580. The molecule has 0 bridgehead atoms. The fourth-order valence-corrected chi connectivity index (χ4v) is 4.99. The molecule has 0 aliphatic heterocycles. The van der Waals surface area contributed by atoms with E-state index in [1.54, 1.807) is 10.8 Å². The number of aryl methyl sites for hydroxylation is 1. The minimum Gasteiger partial charge on any atom is -0.292 e. The monoisotopic (exact) mass is 527 g/mol. The van der Waals surface area contributed by atoms with Crippen LogP contribution in [0.25, 0.3) is 28.3 Å². The zero-order valence-electron chi connectivity index (χ0n) is 21.7. The molecule has 1 N–H and O–H groups in total. The Kier molecular flexibility index (Phi) is 7.51. The zero-order valence-corrected chi connectivity index (χ0v) is 22.5. The van der Waals surface area contributed by atoms with Gasteiger partial charge in [0.2, 0.25) is 0 Å². The normalized spacial score (nSPS) is 11.4. The molecular formula is C29H30ClN7O. The summed E-state index contributed by atoms with van der Waals surface area (Å²) in [5.74, 6) is 0.792. The van der Waals surface area contributed by atoms with Crippen LogP contribution in [0.15, 0.2) is 71.8 Å². The second kappa shape index (κ2) is 11.1. The number of benzene rings is 2. The second-order valence-electron chi connectivity index (χ2n) is 9.64. The molecule has 0 amide bonds. The van der Waals surface area contributed by atoms with Crippen molar-refractivity contribution in [3.05, 3.63) is 99.3 Å². The number of unbranched alkanes of at least 4 members (excludes halogenated alkanes) is 1. The summed E-state index contributed by atoms with van der Waals surface area (Å²) in [5, 5.41) is 14.8. The minimum atomic E-state index is -0.0833. The third kappa shape index (κ3) is 5.04. The molecule has 5 aromatic rings. The number of rotatable bonds is 9. The smallest absolute Gasteiger partial charge is 0.292 e. The fraction of sp³-hybridized carbons (Fsp3) is 0.276. The van der Waals surface area contributed by atoms with Gasteiger partial charge in [0, 0.05) is 29.2 Å². The van der Waals surface area contributed by atoms with Gasteiger partial charge in [-0.3, -0.25) is 14.1 Å². The highest BCUT2D eigenvalue weighted by molar-refractivity contribution is 6.32. The molecule has 0 atom stereocenters. The van der Waals surface area contributed by atoms with E-state index in [0.717, 1.165) is 58.6 Å². The van der Waals surface area contributed by atoms with Crippen LogP contribution in [-0.4, -0.2) is 34.7 Å². The van der Waals surface area contributed by atoms with E-state index in [9.17, 15) is 4.79 Å². The van der Waals surface area contributed by atoms with Crippen molar-refractivity contribution in [2.75, 3.05) is 0 Å². The summed E-state index contributed by atoms with van der Waals surface area (Å²) in [5.41, 5.74) is 6.30. The summed E-state index contributed by atoms with van der Waals surface area (Å²) in [6.07, 6.45) is 6.58. The van der Waals surface area contributed by atoms with Crippen molar-refractivity contribution >= 4 is 11.6 Å². The van der Waals surface area contributed by atoms with Crippen molar-refractivity contribution in [1.82, 2.24) is 34.7 Å². The average molecular weight is 528 g/mol. The summed E-state index contributed by atoms with van der Waals surface area (Å²) in [7, 11) is 0. The predicted molar refractivity (Wildman–Crippen MR) is 150 cm³/mol. The van der Waals surface area contributed by atoms with Gasteiger partial charge in [-0.15, -0.1) is 5.10 Å². The van der Waals surface area contributed by atoms with Crippen molar-refractivity contribution in [2.24, 2.45) is 0 Å². The van der Waals surface area contributed by atoms with E-state index < -0.39 is 0 Å². The summed E-state index contributed by atoms with van der Waals surface area (Å²) < 4.78 is 3.59. The average Bonchev–Trinajstić information content (AvgIpc) is 3.57. The lowest BCUT2D eigenvalue weighted by molar-refractivity contribution is 0.673. The number of halogens is 1. The lowest BCUT2D eigenvalue weighted by atomic mass is 10.0. The molecule has 2 aromatic carbocycles. The lowest BCUT2D eigenvalue weighted by Crippen LogP contribution is -2.25. The first-order valence-electron chi connectivity index (χ1n) is 12.9. The van der Waals surface area contributed by atoms with Crippen LogP contribution in [0.1, 0.15) is 56.4 Å². The Morgan fingerprint density at radius 2 is 1.87 bits per heavy atom. The molecule has 0 radical (unpaired) electrons. The van der Waals surface area contributed by atoms with Crippen LogP contribution in [0.2, 0.25) is 5.02 Å².